The Hall–Kier alpha value is -1.34. The minimum Gasteiger partial charge on any atom is -0.358 e. The number of rotatable bonds is 1. The molecule has 0 bridgehead atoms. The summed E-state index contributed by atoms with van der Waals surface area (Å²) < 4.78 is 0. The molecule has 0 aromatic heterocycles. The van der Waals surface area contributed by atoms with Gasteiger partial charge in [0.15, 0.2) is 0 Å². The van der Waals surface area contributed by atoms with Crippen molar-refractivity contribution in [3.8, 4) is 0 Å². The van der Waals surface area contributed by atoms with Crippen LogP contribution in [0.5, 0.6) is 0 Å². The summed E-state index contributed by atoms with van der Waals surface area (Å²) in [6, 6.07) is 23.2. The summed E-state index contributed by atoms with van der Waals surface area (Å²) in [5.41, 5.74) is 4.23. The van der Waals surface area contributed by atoms with Gasteiger partial charge in [0.1, 0.15) is 0 Å². The smallest absolute Gasteiger partial charge is 0 e. The molecule has 0 nitrogen and oxygen atoms in total. The van der Waals surface area contributed by atoms with Crippen LogP contribution in [-0.2, 0) is 32.3 Å². The molecule has 144 valence electrons. The van der Waals surface area contributed by atoms with E-state index in [1.54, 1.807) is 0 Å². The SMILES string of the molecule is CCC1=[C-]Cc2cc3ccccc3cc21.[CH3-].[CH3-].[CH3-].[CH3-].[CH3-].[Hf].c1cc[cH-]c1. The summed E-state index contributed by atoms with van der Waals surface area (Å²) in [5.74, 6) is 0. The average molecular weight is 512 g/mol. The monoisotopic (exact) mass is 513 g/mol. The predicted molar refractivity (Wildman–Crippen MR) is 119 cm³/mol. The van der Waals surface area contributed by atoms with Crippen LogP contribution >= 0.6 is 0 Å². The maximum Gasteiger partial charge on any atom is 0 e. The van der Waals surface area contributed by atoms with Crippen LogP contribution in [0, 0.1) is 43.2 Å². The molecule has 1 heteroatoms. The zero-order chi connectivity index (χ0) is 13.8. The molecule has 3 aromatic rings. The van der Waals surface area contributed by atoms with Gasteiger partial charge in [-0.3, -0.25) is 6.08 Å². The van der Waals surface area contributed by atoms with Gasteiger partial charge in [0.2, 0.25) is 0 Å². The third-order valence-electron chi connectivity index (χ3n) is 3.70. The van der Waals surface area contributed by atoms with Crippen LogP contribution in [0.4, 0.5) is 0 Å². The van der Waals surface area contributed by atoms with E-state index in [0.29, 0.717) is 0 Å². The fraction of sp³-hybridized carbons (Fsp3) is 0.120. The van der Waals surface area contributed by atoms with E-state index in [-0.39, 0.29) is 63.0 Å². The summed E-state index contributed by atoms with van der Waals surface area (Å²) in [5, 5.41) is 2.68. The van der Waals surface area contributed by atoms with Gasteiger partial charge in [0.05, 0.1) is 0 Å². The third-order valence-corrected chi connectivity index (χ3v) is 3.70. The summed E-state index contributed by atoms with van der Waals surface area (Å²) in [6.07, 6.45) is 5.54. The van der Waals surface area contributed by atoms with E-state index in [4.69, 9.17) is 0 Å². The minimum atomic E-state index is 0. The topological polar surface area (TPSA) is 0 Å². The molecule has 0 heterocycles. The molecule has 0 aliphatic heterocycles. The van der Waals surface area contributed by atoms with Gasteiger partial charge in [0, 0.05) is 25.8 Å². The van der Waals surface area contributed by atoms with Crippen LogP contribution < -0.4 is 0 Å². The Morgan fingerprint density at radius 1 is 0.846 bits per heavy atom. The van der Waals surface area contributed by atoms with Crippen molar-refractivity contribution in [3.63, 3.8) is 0 Å². The van der Waals surface area contributed by atoms with Gasteiger partial charge >= 0.3 is 0 Å². The van der Waals surface area contributed by atoms with Crippen molar-refractivity contribution in [2.75, 3.05) is 0 Å². The number of hydrogen-bond acceptors (Lipinski definition) is 0. The van der Waals surface area contributed by atoms with Crippen LogP contribution in [0.1, 0.15) is 24.5 Å². The van der Waals surface area contributed by atoms with Crippen molar-refractivity contribution < 1.29 is 25.8 Å². The fourth-order valence-corrected chi connectivity index (χ4v) is 2.65. The Balaban J connectivity index is -0.000000196. The maximum atomic E-state index is 3.46. The van der Waals surface area contributed by atoms with Crippen LogP contribution in [0.2, 0.25) is 0 Å². The Labute approximate surface area is 182 Å². The first kappa shape index (κ1) is 32.3. The van der Waals surface area contributed by atoms with E-state index in [1.807, 2.05) is 30.3 Å². The van der Waals surface area contributed by atoms with E-state index < -0.39 is 0 Å². The van der Waals surface area contributed by atoms with Crippen molar-refractivity contribution in [2.24, 2.45) is 0 Å². The molecule has 0 spiro atoms. The summed E-state index contributed by atoms with van der Waals surface area (Å²) in [4.78, 5) is 0. The summed E-state index contributed by atoms with van der Waals surface area (Å²) >= 11 is 0. The maximum absolute atomic E-state index is 3.46. The molecule has 26 heavy (non-hydrogen) atoms. The Bertz CT molecular complexity index is 704. The third kappa shape index (κ3) is 7.50. The van der Waals surface area contributed by atoms with Crippen molar-refractivity contribution >= 4 is 16.3 Å². The first-order valence-electron chi connectivity index (χ1n) is 7.17. The van der Waals surface area contributed by atoms with Crippen molar-refractivity contribution in [3.05, 3.63) is 121 Å². The molecule has 0 atom stereocenters. The zero-order valence-corrected chi connectivity index (χ0v) is 20.9. The second kappa shape index (κ2) is 15.9. The van der Waals surface area contributed by atoms with E-state index in [9.17, 15) is 0 Å². The van der Waals surface area contributed by atoms with E-state index in [1.165, 1.54) is 27.5 Å². The molecular formula is C25H33Hf-7. The van der Waals surface area contributed by atoms with Crippen LogP contribution in [-0.4, -0.2) is 0 Å². The van der Waals surface area contributed by atoms with Gasteiger partial charge < -0.3 is 37.1 Å². The van der Waals surface area contributed by atoms with Crippen LogP contribution in [0.15, 0.2) is 66.7 Å². The van der Waals surface area contributed by atoms with Crippen LogP contribution in [0.3, 0.4) is 0 Å². The largest absolute Gasteiger partial charge is 0.358 e. The first-order valence-corrected chi connectivity index (χ1v) is 7.17. The standard InChI is InChI=1S/C15H13.C5H5.5CH3.Hf/c1-2-11-7-8-14-9-12-5-3-4-6-13(12)10-15(11)14;1-2-4-5-3-1;;;;;;/h3-6,9-10H,2,8H2,1H3;1-5H;5*1H3;/q7*-1;. The molecule has 0 saturated carbocycles. The Morgan fingerprint density at radius 3 is 1.85 bits per heavy atom. The van der Waals surface area contributed by atoms with Crippen molar-refractivity contribution in [1.82, 2.24) is 0 Å². The summed E-state index contributed by atoms with van der Waals surface area (Å²) in [7, 11) is 0. The van der Waals surface area contributed by atoms with Gasteiger partial charge in [-0.2, -0.15) is 23.8 Å². The van der Waals surface area contributed by atoms with Gasteiger partial charge in [-0.1, -0.05) is 43.7 Å². The van der Waals surface area contributed by atoms with Crippen LogP contribution in [0.25, 0.3) is 16.3 Å². The van der Waals surface area contributed by atoms with E-state index in [2.05, 4.69) is 49.4 Å². The van der Waals surface area contributed by atoms with E-state index >= 15 is 0 Å². The summed E-state index contributed by atoms with van der Waals surface area (Å²) in [6.45, 7) is 2.20. The Kier molecular flexibility index (Phi) is 19.8. The molecular weight excluding hydrogens is 479 g/mol. The number of allylic oxidation sites excluding steroid dienone is 2. The van der Waals surface area contributed by atoms with Gasteiger partial charge in [-0.25, -0.2) is 17.7 Å². The normalized spacial score (nSPS) is 9.65. The average Bonchev–Trinajstić information content (AvgIpc) is 3.17. The molecule has 1 aliphatic carbocycles. The van der Waals surface area contributed by atoms with Gasteiger partial charge in [0.25, 0.3) is 0 Å². The quantitative estimate of drug-likeness (QED) is 0.232. The molecule has 0 saturated heterocycles. The molecule has 3 aromatic carbocycles. The van der Waals surface area contributed by atoms with Crippen molar-refractivity contribution in [1.29, 1.82) is 0 Å². The number of hydrogen-bond donors (Lipinski definition) is 0. The molecule has 1 aliphatic rings. The number of benzene rings is 2. The second-order valence-electron chi connectivity index (χ2n) is 5.00. The van der Waals surface area contributed by atoms with Gasteiger partial charge in [-0.15, -0.1) is 18.1 Å². The molecule has 0 fully saturated rings. The minimum absolute atomic E-state index is 0. The molecule has 4 rings (SSSR count). The van der Waals surface area contributed by atoms with Crippen molar-refractivity contribution in [2.45, 2.75) is 19.8 Å². The number of fused-ring (bicyclic) bond motifs is 2. The molecule has 0 amide bonds. The molecule has 0 unspecified atom stereocenters. The van der Waals surface area contributed by atoms with Gasteiger partial charge in [-0.05, 0) is 10.8 Å². The molecule has 0 N–H and O–H groups in total. The second-order valence-corrected chi connectivity index (χ2v) is 5.00. The first-order chi connectivity index (χ1) is 9.88. The molecule has 0 radical (unpaired) electrons. The fourth-order valence-electron chi connectivity index (χ4n) is 2.65. The zero-order valence-electron chi connectivity index (χ0n) is 17.3. The van der Waals surface area contributed by atoms with E-state index in [0.717, 1.165) is 12.8 Å². The predicted octanol–water partition coefficient (Wildman–Crippen LogP) is 7.65. The Morgan fingerprint density at radius 2 is 1.38 bits per heavy atom.